The molecule has 9 amide bonds. The summed E-state index contributed by atoms with van der Waals surface area (Å²) >= 11 is 4.24. The van der Waals surface area contributed by atoms with Gasteiger partial charge < -0.3 is 75.2 Å². The minimum absolute atomic E-state index is 0.0297. The van der Waals surface area contributed by atoms with Crippen LogP contribution < -0.4 is 38.1 Å². The van der Waals surface area contributed by atoms with Crippen molar-refractivity contribution in [3.8, 4) is 0 Å². The number of hydroxylamine groups is 2. The number of nitrogens with zero attached hydrogens (tertiary/aromatic N) is 10. The van der Waals surface area contributed by atoms with Gasteiger partial charge in [-0.05, 0) is 42.9 Å². The molecular formula is C54H71N17O21P2S. The molecule has 4 fully saturated rings. The number of nitrogen functional groups attached to an aromatic ring is 1. The Morgan fingerprint density at radius 1 is 0.800 bits per heavy atom. The zero-order chi connectivity index (χ0) is 67.9. The molecule has 9 rings (SSSR count). The number of hydrogen-bond donors (Lipinski definition) is 8. The summed E-state index contributed by atoms with van der Waals surface area (Å²) in [6.07, 6.45) is -1.20. The van der Waals surface area contributed by atoms with Crippen molar-refractivity contribution in [2.24, 2.45) is 11.7 Å². The lowest BCUT2D eigenvalue weighted by atomic mass is 10.0. The van der Waals surface area contributed by atoms with E-state index in [1.165, 1.54) is 41.8 Å². The Bertz CT molecular complexity index is 3680. The quantitative estimate of drug-likeness (QED) is 0.0171. The van der Waals surface area contributed by atoms with E-state index in [0.717, 1.165) is 0 Å². The van der Waals surface area contributed by atoms with Crippen LogP contribution in [0.25, 0.3) is 22.3 Å². The molecule has 4 aromatic heterocycles. The molecule has 0 spiro atoms. The average molecular weight is 1390 g/mol. The number of imide groups is 1. The van der Waals surface area contributed by atoms with Gasteiger partial charge in [0, 0.05) is 51.4 Å². The highest BCUT2D eigenvalue weighted by Crippen LogP contribution is 2.57. The molecule has 8 heterocycles. The molecule has 41 heteroatoms. The molecule has 10 atom stereocenters. The van der Waals surface area contributed by atoms with Gasteiger partial charge in [0.2, 0.25) is 17.7 Å². The molecule has 95 heavy (non-hydrogen) atoms. The number of urea groups is 1. The molecular weight excluding hydrogens is 1320 g/mol. The Hall–Kier alpha value is -8.52. The van der Waals surface area contributed by atoms with Crippen molar-refractivity contribution in [1.82, 2.24) is 65.0 Å². The van der Waals surface area contributed by atoms with Crippen LogP contribution in [0.3, 0.4) is 0 Å². The zero-order valence-corrected chi connectivity index (χ0v) is 54.2. The lowest BCUT2D eigenvalue weighted by Gasteiger charge is -2.25. The molecule has 9 N–H and O–H groups in total. The number of anilines is 3. The second-order valence-electron chi connectivity index (χ2n) is 22.2. The van der Waals surface area contributed by atoms with Crippen LogP contribution >= 0.6 is 27.3 Å². The van der Waals surface area contributed by atoms with E-state index in [4.69, 9.17) is 58.1 Å². The Labute approximate surface area is 546 Å². The number of nitrogens with two attached hydrogens (primary N) is 2. The van der Waals surface area contributed by atoms with E-state index in [1.54, 1.807) is 42.7 Å². The average Bonchev–Trinajstić information content (AvgIpc) is 1.64. The second kappa shape index (κ2) is 32.8. The number of primary amides is 1. The lowest BCUT2D eigenvalue weighted by molar-refractivity contribution is -0.198. The van der Waals surface area contributed by atoms with Crippen LogP contribution in [0.1, 0.15) is 89.7 Å². The number of imidazole rings is 2. The number of unbranched alkanes of at least 4 members (excludes halogenated alkanes) is 1. The van der Waals surface area contributed by atoms with Gasteiger partial charge in [-0.3, -0.25) is 52.0 Å². The summed E-state index contributed by atoms with van der Waals surface area (Å²) in [7, 11) is -1.77. The summed E-state index contributed by atoms with van der Waals surface area (Å²) in [6, 6.07) is 3.40. The van der Waals surface area contributed by atoms with E-state index < -0.39 is 124 Å². The fourth-order valence-corrected chi connectivity index (χ4v) is 12.5. The van der Waals surface area contributed by atoms with Gasteiger partial charge in [-0.25, -0.2) is 53.6 Å². The summed E-state index contributed by atoms with van der Waals surface area (Å²) < 4.78 is 81.9. The highest BCUT2D eigenvalue weighted by Gasteiger charge is 2.46. The van der Waals surface area contributed by atoms with Crippen LogP contribution in [-0.4, -0.2) is 192 Å². The molecule has 4 aliphatic heterocycles. The van der Waals surface area contributed by atoms with Crippen molar-refractivity contribution < 1.29 is 98.9 Å². The Kier molecular flexibility index (Phi) is 24.4. The maximum atomic E-state index is 13.7. The third-order valence-electron chi connectivity index (χ3n) is 15.0. The Morgan fingerprint density at radius 2 is 1.46 bits per heavy atom. The number of rotatable bonds is 26. The predicted octanol–water partition coefficient (Wildman–Crippen LogP) is 2.69. The van der Waals surface area contributed by atoms with E-state index in [1.807, 2.05) is 0 Å². The number of benzene rings is 1. The van der Waals surface area contributed by atoms with Crippen LogP contribution in [0.5, 0.6) is 0 Å². The summed E-state index contributed by atoms with van der Waals surface area (Å²) in [5.41, 5.74) is 13.1. The number of carbonyl (C=O) groups excluding carboxylic acids is 9. The normalized spacial score (nSPS) is 22.7. The Morgan fingerprint density at radius 3 is 2.17 bits per heavy atom. The predicted molar refractivity (Wildman–Crippen MR) is 330 cm³/mol. The smallest absolute Gasteiger partial charge is 0.412 e. The van der Waals surface area contributed by atoms with Crippen molar-refractivity contribution in [3.05, 3.63) is 55.1 Å². The topological polar surface area (TPSA) is 486 Å². The zero-order valence-electron chi connectivity index (χ0n) is 51.4. The van der Waals surface area contributed by atoms with Crippen molar-refractivity contribution in [3.63, 3.8) is 0 Å². The van der Waals surface area contributed by atoms with Gasteiger partial charge in [-0.15, -0.1) is 5.06 Å². The number of fused-ring (bicyclic) bond motifs is 4. The van der Waals surface area contributed by atoms with Crippen LogP contribution in [0.2, 0.25) is 0 Å². The molecule has 0 radical (unpaired) electrons. The second-order valence-corrected chi connectivity index (χ2v) is 26.1. The van der Waals surface area contributed by atoms with E-state index in [0.29, 0.717) is 40.3 Å². The summed E-state index contributed by atoms with van der Waals surface area (Å²) in [5.74, 6) is -4.22. The van der Waals surface area contributed by atoms with Crippen molar-refractivity contribution in [2.75, 3.05) is 69.5 Å². The third kappa shape index (κ3) is 19.3. The first-order chi connectivity index (χ1) is 45.5. The number of hydrogen-bond acceptors (Lipinski definition) is 28. The highest BCUT2D eigenvalue weighted by molar-refractivity contribution is 8.44. The van der Waals surface area contributed by atoms with Gasteiger partial charge >= 0.3 is 39.2 Å². The van der Waals surface area contributed by atoms with Gasteiger partial charge in [0.1, 0.15) is 74.2 Å². The molecule has 4 aliphatic rings. The fourth-order valence-electron chi connectivity index (χ4n) is 10.1. The molecule has 0 saturated carbocycles. The third-order valence-corrected chi connectivity index (χ3v) is 17.6. The van der Waals surface area contributed by atoms with Gasteiger partial charge in [0.15, 0.2) is 28.4 Å². The first-order valence-electron chi connectivity index (χ1n) is 29.9. The SMILES string of the molecule is CC(C)[C@H](NC(=O)CCOCCC(=O)ON1C(=O)CCC1=O)C(=O)N[C@@H](CCCCNC(N)=O)C(=O)Nc1ccc(COC(=O)N(C)CCOC(=O)Nc2ncnc3c2ncn3[C@H]2C[C@@H]3O[P@](=O)(S)OCC4O[C@@H](n5cnc6c(N)ncnc65)C[C@@H]4O[PH](=O)OC[C@H]3O2)cc1. The maximum Gasteiger partial charge on any atom is 0.412 e. The summed E-state index contributed by atoms with van der Waals surface area (Å²) in [5, 5.41) is 13.6. The van der Waals surface area contributed by atoms with Crippen molar-refractivity contribution in [1.29, 1.82) is 0 Å². The molecule has 0 bridgehead atoms. The van der Waals surface area contributed by atoms with Crippen LogP contribution in [0.4, 0.5) is 31.7 Å². The first kappa shape index (κ1) is 70.8. The van der Waals surface area contributed by atoms with Gasteiger partial charge in [-0.2, -0.15) is 0 Å². The minimum Gasteiger partial charge on any atom is -0.447 e. The molecule has 0 aliphatic carbocycles. The molecule has 1 aromatic carbocycles. The van der Waals surface area contributed by atoms with Gasteiger partial charge in [0.05, 0.1) is 58.2 Å². The van der Waals surface area contributed by atoms with Gasteiger partial charge in [0.25, 0.3) is 11.8 Å². The fraction of sp³-hybridized carbons (Fsp3) is 0.537. The summed E-state index contributed by atoms with van der Waals surface area (Å²) in [6.45, 7) is -2.05. The number of likely N-dealkylation sites (N-methyl/N-ethyl adjacent to an activating group) is 1. The number of nitrogens with one attached hydrogen (secondary N) is 5. The van der Waals surface area contributed by atoms with E-state index in [9.17, 15) is 52.3 Å². The highest BCUT2D eigenvalue weighted by atomic mass is 32.7. The number of amides is 9. The summed E-state index contributed by atoms with van der Waals surface area (Å²) in [4.78, 5) is 144. The monoisotopic (exact) mass is 1390 g/mol. The lowest BCUT2D eigenvalue weighted by Crippen LogP contribution is -2.54. The number of thiol groups is 1. The molecule has 5 aromatic rings. The Balaban J connectivity index is 0.700. The molecule has 2 unspecified atom stereocenters. The van der Waals surface area contributed by atoms with Crippen LogP contribution in [-0.2, 0) is 91.1 Å². The number of aromatic nitrogens is 8. The van der Waals surface area contributed by atoms with Crippen molar-refractivity contribution in [2.45, 2.75) is 127 Å². The van der Waals surface area contributed by atoms with E-state index >= 15 is 0 Å². The van der Waals surface area contributed by atoms with Gasteiger partial charge in [-0.1, -0.05) is 38.2 Å². The maximum absolute atomic E-state index is 13.7. The minimum atomic E-state index is -4.13. The van der Waals surface area contributed by atoms with Crippen molar-refractivity contribution >= 4 is 121 Å². The van der Waals surface area contributed by atoms with Crippen LogP contribution in [0, 0.1) is 5.92 Å². The number of ether oxygens (including phenoxy) is 5. The molecule has 4 saturated heterocycles. The molecule has 514 valence electrons. The number of carbonyl (C=O) groups is 9. The first-order valence-corrected chi connectivity index (χ1v) is 33.8. The molecule has 38 nitrogen and oxygen atoms in total. The van der Waals surface area contributed by atoms with Crippen LogP contribution in [0.15, 0.2) is 49.6 Å². The van der Waals surface area contributed by atoms with E-state index in [2.05, 4.69) is 68.7 Å². The standard InChI is InChI=1S/C54H71N17O21P2S/c1-29(2)43(66-37(72)13-17-83-18-14-42(75)90-71-38(73)11-12-39(71)74)51(77)65-32(6-4-5-15-57-52(56)78)50(76)64-31-9-7-30(8-10-31)22-85-54(80)68(3)16-19-84-53(79)67-47-45-49(61-26-59-47)70(28-63-45)41-21-34-35(88-41)23-86-93(81)91-33-20-40(89-36(33)24-87-94(82,95)92-34)69-27-62-44-46(55)58-25-60-48(44)69/h7-10,25-29,32-36,40-41,43,93H,4-6,11-24H2,1-3H3,(H,64,76)(H,65,77)(H,66,72)(H,82,95)(H2,55,58,60)(H3,56,57,78)(H,59,61,67,79)/t32-,33-,34-,35+,36?,40+,41+,43-,94+/m0/s1. The van der Waals surface area contributed by atoms with E-state index in [-0.39, 0.29) is 120 Å². The largest absolute Gasteiger partial charge is 0.447 e.